The molecule has 138 valence electrons. The summed E-state index contributed by atoms with van der Waals surface area (Å²) in [6, 6.07) is 11.4. The Morgan fingerprint density at radius 3 is 3.00 bits per heavy atom. The number of ether oxygens (including phenoxy) is 1. The Balaban J connectivity index is 1.72. The summed E-state index contributed by atoms with van der Waals surface area (Å²) in [6.45, 7) is 1.96. The first-order valence-corrected chi connectivity index (χ1v) is 8.79. The number of anilines is 1. The van der Waals surface area contributed by atoms with Gasteiger partial charge in [0.05, 0.1) is 25.4 Å². The van der Waals surface area contributed by atoms with Crippen LogP contribution in [0.4, 0.5) is 10.1 Å². The highest BCUT2D eigenvalue weighted by Gasteiger charge is 2.28. The fourth-order valence-corrected chi connectivity index (χ4v) is 3.28. The lowest BCUT2D eigenvalue weighted by Gasteiger charge is -2.36. The molecule has 1 aliphatic rings. The number of amides is 1. The molecule has 3 rings (SSSR count). The van der Waals surface area contributed by atoms with Gasteiger partial charge >= 0.3 is 0 Å². The Hall–Kier alpha value is -2.31. The smallest absolute Gasteiger partial charge is 0.242 e. The molecule has 1 unspecified atom stereocenters. The number of halogens is 2. The average Bonchev–Trinajstić information content (AvgIpc) is 2.66. The van der Waals surface area contributed by atoms with E-state index in [1.54, 1.807) is 36.3 Å². The number of hydrogen-bond acceptors (Lipinski definition) is 4. The fourth-order valence-electron chi connectivity index (χ4n) is 3.11. The molecular weight excluding hydrogens is 357 g/mol. The van der Waals surface area contributed by atoms with Crippen LogP contribution in [0, 0.1) is 5.82 Å². The minimum absolute atomic E-state index is 0.0669. The molecule has 1 fully saturated rings. The summed E-state index contributed by atoms with van der Waals surface area (Å²) < 4.78 is 18.9. The summed E-state index contributed by atoms with van der Waals surface area (Å²) in [5, 5.41) is 6.91. The number of carbonyl (C=O) groups excluding carboxylic acids is 1. The predicted molar refractivity (Wildman–Crippen MR) is 100 cm³/mol. The van der Waals surface area contributed by atoms with E-state index in [2.05, 4.69) is 10.6 Å². The second kappa shape index (κ2) is 8.38. The van der Waals surface area contributed by atoms with Gasteiger partial charge in [0.1, 0.15) is 11.6 Å². The second-order valence-corrected chi connectivity index (χ2v) is 6.50. The van der Waals surface area contributed by atoms with Crippen LogP contribution in [0.3, 0.4) is 0 Å². The highest BCUT2D eigenvalue weighted by molar-refractivity contribution is 6.30. The van der Waals surface area contributed by atoms with Gasteiger partial charge in [-0.05, 0) is 35.9 Å². The monoisotopic (exact) mass is 377 g/mol. The van der Waals surface area contributed by atoms with Crippen LogP contribution in [0.1, 0.15) is 11.6 Å². The van der Waals surface area contributed by atoms with Gasteiger partial charge in [-0.1, -0.05) is 23.7 Å². The normalized spacial score (nSPS) is 17.0. The van der Waals surface area contributed by atoms with Crippen molar-refractivity contribution in [2.45, 2.75) is 6.04 Å². The van der Waals surface area contributed by atoms with Crippen LogP contribution in [0.15, 0.2) is 42.5 Å². The third-order valence-corrected chi connectivity index (χ3v) is 4.62. The predicted octanol–water partition coefficient (Wildman–Crippen LogP) is 3.07. The molecule has 0 saturated carbocycles. The first-order valence-electron chi connectivity index (χ1n) is 8.41. The lowest BCUT2D eigenvalue weighted by Crippen LogP contribution is -2.50. The largest absolute Gasteiger partial charge is 0.495 e. The van der Waals surface area contributed by atoms with Crippen LogP contribution in [-0.2, 0) is 4.79 Å². The maximum atomic E-state index is 13.6. The lowest BCUT2D eigenvalue weighted by molar-refractivity contribution is -0.132. The van der Waals surface area contributed by atoms with E-state index < -0.39 is 0 Å². The molecule has 1 saturated heterocycles. The molecule has 0 bridgehead atoms. The van der Waals surface area contributed by atoms with Crippen molar-refractivity contribution in [2.75, 3.05) is 38.6 Å². The Bertz CT molecular complexity index is 787. The first kappa shape index (κ1) is 18.5. The Labute approximate surface area is 157 Å². The van der Waals surface area contributed by atoms with E-state index >= 15 is 0 Å². The van der Waals surface area contributed by atoms with E-state index in [4.69, 9.17) is 16.3 Å². The van der Waals surface area contributed by atoms with Crippen LogP contribution in [0.2, 0.25) is 5.02 Å². The summed E-state index contributed by atoms with van der Waals surface area (Å²) in [5.74, 6) is 0.245. The molecule has 2 aromatic carbocycles. The zero-order chi connectivity index (χ0) is 18.5. The zero-order valence-corrected chi connectivity index (χ0v) is 15.2. The number of carbonyl (C=O) groups is 1. The zero-order valence-electron chi connectivity index (χ0n) is 14.5. The van der Waals surface area contributed by atoms with Crippen molar-refractivity contribution in [1.82, 2.24) is 10.2 Å². The summed E-state index contributed by atoms with van der Waals surface area (Å²) in [4.78, 5) is 14.6. The van der Waals surface area contributed by atoms with Gasteiger partial charge in [-0.2, -0.15) is 0 Å². The summed E-state index contributed by atoms with van der Waals surface area (Å²) >= 11 is 6.02. The van der Waals surface area contributed by atoms with Crippen molar-refractivity contribution in [3.8, 4) is 5.75 Å². The third-order valence-electron chi connectivity index (χ3n) is 4.39. The van der Waals surface area contributed by atoms with E-state index in [9.17, 15) is 9.18 Å². The molecule has 1 aliphatic heterocycles. The number of hydrogen-bond donors (Lipinski definition) is 2. The summed E-state index contributed by atoms with van der Waals surface area (Å²) in [7, 11) is 1.56. The summed E-state index contributed by atoms with van der Waals surface area (Å²) in [6.07, 6.45) is 0. The molecule has 1 amide bonds. The van der Waals surface area contributed by atoms with E-state index in [-0.39, 0.29) is 24.3 Å². The molecule has 0 radical (unpaired) electrons. The van der Waals surface area contributed by atoms with Crippen molar-refractivity contribution in [3.63, 3.8) is 0 Å². The maximum absolute atomic E-state index is 13.6. The Morgan fingerprint density at radius 2 is 2.23 bits per heavy atom. The van der Waals surface area contributed by atoms with Crippen LogP contribution in [0.5, 0.6) is 5.75 Å². The van der Waals surface area contributed by atoms with Gasteiger partial charge < -0.3 is 20.3 Å². The number of rotatable bonds is 5. The molecule has 7 heteroatoms. The molecule has 0 spiro atoms. The number of nitrogens with one attached hydrogen (secondary N) is 2. The minimum Gasteiger partial charge on any atom is -0.495 e. The number of methoxy groups -OCH3 is 1. The van der Waals surface area contributed by atoms with Crippen molar-refractivity contribution >= 4 is 23.2 Å². The van der Waals surface area contributed by atoms with Crippen LogP contribution >= 0.6 is 11.6 Å². The molecule has 0 aromatic heterocycles. The molecule has 1 heterocycles. The SMILES string of the molecule is COc1ccc(Cl)cc1NCC(=O)N1CCNCC1c1cccc(F)c1. The van der Waals surface area contributed by atoms with Gasteiger partial charge in [-0.3, -0.25) is 4.79 Å². The van der Waals surface area contributed by atoms with Gasteiger partial charge in [0.15, 0.2) is 0 Å². The Morgan fingerprint density at radius 1 is 1.38 bits per heavy atom. The van der Waals surface area contributed by atoms with Gasteiger partial charge in [-0.25, -0.2) is 4.39 Å². The van der Waals surface area contributed by atoms with Crippen LogP contribution in [0.25, 0.3) is 0 Å². The molecule has 2 aromatic rings. The summed E-state index contributed by atoms with van der Waals surface area (Å²) in [5.41, 5.74) is 1.44. The van der Waals surface area contributed by atoms with Crippen LogP contribution < -0.4 is 15.4 Å². The van der Waals surface area contributed by atoms with Crippen molar-refractivity contribution in [1.29, 1.82) is 0 Å². The van der Waals surface area contributed by atoms with Crippen molar-refractivity contribution in [2.24, 2.45) is 0 Å². The van der Waals surface area contributed by atoms with Crippen molar-refractivity contribution < 1.29 is 13.9 Å². The van der Waals surface area contributed by atoms with Gasteiger partial charge in [-0.15, -0.1) is 0 Å². The molecule has 1 atom stereocenters. The molecule has 2 N–H and O–H groups in total. The van der Waals surface area contributed by atoms with E-state index in [0.29, 0.717) is 36.1 Å². The van der Waals surface area contributed by atoms with E-state index in [0.717, 1.165) is 5.56 Å². The van der Waals surface area contributed by atoms with E-state index in [1.165, 1.54) is 12.1 Å². The Kier molecular flexibility index (Phi) is 5.96. The van der Waals surface area contributed by atoms with Gasteiger partial charge in [0.25, 0.3) is 0 Å². The maximum Gasteiger partial charge on any atom is 0.242 e. The topological polar surface area (TPSA) is 53.6 Å². The molecule has 5 nitrogen and oxygen atoms in total. The standard InChI is InChI=1S/C19H21ClFN3O2/c1-26-18-6-5-14(20)10-16(18)23-12-19(25)24-8-7-22-11-17(24)13-3-2-4-15(21)9-13/h2-6,9-10,17,22-23H,7-8,11-12H2,1H3. The minimum atomic E-state index is -0.303. The average molecular weight is 378 g/mol. The lowest BCUT2D eigenvalue weighted by atomic mass is 10.0. The molecule has 0 aliphatic carbocycles. The van der Waals surface area contributed by atoms with Gasteiger partial charge in [0.2, 0.25) is 5.91 Å². The van der Waals surface area contributed by atoms with Crippen LogP contribution in [-0.4, -0.2) is 44.1 Å². The fraction of sp³-hybridized carbons (Fsp3) is 0.316. The number of piperazine rings is 1. The van der Waals surface area contributed by atoms with Gasteiger partial charge in [0, 0.05) is 24.7 Å². The highest BCUT2D eigenvalue weighted by atomic mass is 35.5. The van der Waals surface area contributed by atoms with E-state index in [1.807, 2.05) is 6.07 Å². The quantitative estimate of drug-likeness (QED) is 0.840. The van der Waals surface area contributed by atoms with Crippen molar-refractivity contribution in [3.05, 3.63) is 58.9 Å². The highest BCUT2D eigenvalue weighted by Crippen LogP contribution is 2.28. The number of benzene rings is 2. The number of nitrogens with zero attached hydrogens (tertiary/aromatic N) is 1. The molecular formula is C19H21ClFN3O2. The third kappa shape index (κ3) is 4.26. The first-order chi connectivity index (χ1) is 12.6. The second-order valence-electron chi connectivity index (χ2n) is 6.06. The molecule has 26 heavy (non-hydrogen) atoms.